The fraction of sp³-hybridized carbons (Fsp3) is 0.441. The second-order valence-corrected chi connectivity index (χ2v) is 11.3. The second-order valence-electron chi connectivity index (χ2n) is 11.3. The molecule has 0 saturated carbocycles. The van der Waals surface area contributed by atoms with E-state index in [2.05, 4.69) is 28.2 Å². The van der Waals surface area contributed by atoms with Gasteiger partial charge in [0.25, 0.3) is 0 Å². The number of nitrogens with zero attached hydrogens (tertiary/aromatic N) is 4. The third kappa shape index (κ3) is 7.00. The van der Waals surface area contributed by atoms with Crippen LogP contribution in [0.1, 0.15) is 79.7 Å². The monoisotopic (exact) mass is 586 g/mol. The Morgan fingerprint density at radius 2 is 2.05 bits per heavy atom. The van der Waals surface area contributed by atoms with E-state index in [0.29, 0.717) is 30.8 Å². The van der Waals surface area contributed by atoms with Gasteiger partial charge in [0.1, 0.15) is 17.9 Å². The lowest BCUT2D eigenvalue weighted by Crippen LogP contribution is -2.40. The molecule has 3 aromatic rings. The number of rotatable bonds is 10. The third-order valence-corrected chi connectivity index (χ3v) is 8.02. The maximum absolute atomic E-state index is 11.7. The van der Waals surface area contributed by atoms with Gasteiger partial charge >= 0.3 is 5.97 Å². The summed E-state index contributed by atoms with van der Waals surface area (Å²) in [4.78, 5) is 19.1. The molecule has 4 heterocycles. The second kappa shape index (κ2) is 14.0. The number of hydrogen-bond donors (Lipinski definition) is 1. The molecule has 228 valence electrons. The van der Waals surface area contributed by atoms with E-state index < -0.39 is 5.97 Å². The molecule has 0 aliphatic carbocycles. The molecular weight excluding hydrogens is 544 g/mol. The van der Waals surface area contributed by atoms with Crippen LogP contribution in [0.25, 0.3) is 11.4 Å². The third-order valence-electron chi connectivity index (χ3n) is 8.02. The Kier molecular flexibility index (Phi) is 9.94. The van der Waals surface area contributed by atoms with Crippen molar-refractivity contribution in [3.63, 3.8) is 0 Å². The highest BCUT2D eigenvalue weighted by molar-refractivity contribution is 5.90. The number of aromatic carboxylic acids is 1. The molecule has 1 N–H and O–H groups in total. The van der Waals surface area contributed by atoms with E-state index in [1.807, 2.05) is 39.0 Å². The summed E-state index contributed by atoms with van der Waals surface area (Å²) in [5.74, 6) is 0.274. The van der Waals surface area contributed by atoms with E-state index in [1.54, 1.807) is 13.0 Å². The molecule has 1 atom stereocenters. The van der Waals surface area contributed by atoms with Crippen molar-refractivity contribution in [2.45, 2.75) is 72.6 Å². The van der Waals surface area contributed by atoms with Crippen molar-refractivity contribution < 1.29 is 24.1 Å². The van der Waals surface area contributed by atoms with Gasteiger partial charge in [-0.2, -0.15) is 9.78 Å². The molecule has 2 aromatic heterocycles. The lowest BCUT2D eigenvalue weighted by atomic mass is 10.0. The minimum Gasteiger partial charge on any atom is -0.488 e. The number of pyridine rings is 1. The van der Waals surface area contributed by atoms with Gasteiger partial charge in [-0.3, -0.25) is 4.90 Å². The van der Waals surface area contributed by atoms with E-state index >= 15 is 0 Å². The van der Waals surface area contributed by atoms with Crippen molar-refractivity contribution in [2.24, 2.45) is 0 Å². The maximum atomic E-state index is 11.7. The number of carboxylic acids is 1. The number of benzene rings is 1. The predicted octanol–water partition coefficient (Wildman–Crippen LogP) is 6.21. The molecule has 0 bridgehead atoms. The molecule has 1 saturated heterocycles. The van der Waals surface area contributed by atoms with Gasteiger partial charge in [0, 0.05) is 24.8 Å². The SMILES string of the molecule is C/C=C(\C(OCc1ccc2c(c1)CCCN(C1CCCOC1)C2)=C(C)C)c1cccc(-n2ncc(C(=O)O)c2OCC)n1. The summed E-state index contributed by atoms with van der Waals surface area (Å²) in [6.07, 6.45) is 7.86. The van der Waals surface area contributed by atoms with Crippen molar-refractivity contribution in [3.05, 3.63) is 88.0 Å². The largest absolute Gasteiger partial charge is 0.488 e. The van der Waals surface area contributed by atoms with E-state index in [1.165, 1.54) is 28.4 Å². The Bertz CT molecular complexity index is 1500. The zero-order chi connectivity index (χ0) is 30.3. The van der Waals surface area contributed by atoms with E-state index in [-0.39, 0.29) is 11.4 Å². The van der Waals surface area contributed by atoms with Gasteiger partial charge in [0.15, 0.2) is 5.82 Å². The minimum atomic E-state index is -1.10. The van der Waals surface area contributed by atoms with Crippen molar-refractivity contribution in [3.8, 4) is 11.7 Å². The molecular formula is C34H42N4O5. The van der Waals surface area contributed by atoms with Crippen molar-refractivity contribution in [1.82, 2.24) is 19.7 Å². The molecule has 2 aliphatic heterocycles. The average Bonchev–Trinajstić information content (AvgIpc) is 3.32. The van der Waals surface area contributed by atoms with Gasteiger partial charge in [-0.1, -0.05) is 30.3 Å². The van der Waals surface area contributed by atoms with Gasteiger partial charge in [-0.05, 0) is 94.3 Å². The Labute approximate surface area is 253 Å². The van der Waals surface area contributed by atoms with Crippen LogP contribution in [0.3, 0.4) is 0 Å². The van der Waals surface area contributed by atoms with Crippen LogP contribution in [0.15, 0.2) is 60.0 Å². The number of fused-ring (bicyclic) bond motifs is 1. The van der Waals surface area contributed by atoms with Crippen molar-refractivity contribution >= 4 is 11.5 Å². The average molecular weight is 587 g/mol. The van der Waals surface area contributed by atoms with Gasteiger partial charge in [-0.25, -0.2) is 9.78 Å². The summed E-state index contributed by atoms with van der Waals surface area (Å²) >= 11 is 0. The van der Waals surface area contributed by atoms with Crippen LogP contribution >= 0.6 is 0 Å². The minimum absolute atomic E-state index is 0.00917. The number of carbonyl (C=O) groups is 1. The first-order valence-electron chi connectivity index (χ1n) is 15.2. The van der Waals surface area contributed by atoms with E-state index in [4.69, 9.17) is 19.2 Å². The number of carboxylic acid groups (broad SMARTS) is 1. The highest BCUT2D eigenvalue weighted by atomic mass is 16.5. The molecule has 5 rings (SSSR count). The number of allylic oxidation sites excluding steroid dienone is 3. The highest BCUT2D eigenvalue weighted by Crippen LogP contribution is 2.30. The topological polar surface area (TPSA) is 98.9 Å². The predicted molar refractivity (Wildman–Crippen MR) is 165 cm³/mol. The summed E-state index contributed by atoms with van der Waals surface area (Å²) < 4.78 is 19.3. The fourth-order valence-corrected chi connectivity index (χ4v) is 5.91. The van der Waals surface area contributed by atoms with Gasteiger partial charge < -0.3 is 19.3 Å². The van der Waals surface area contributed by atoms with Crippen LogP contribution in [0.5, 0.6) is 5.88 Å². The number of ether oxygens (including phenoxy) is 3. The highest BCUT2D eigenvalue weighted by Gasteiger charge is 2.25. The number of aryl methyl sites for hydroxylation is 1. The first-order valence-corrected chi connectivity index (χ1v) is 15.2. The van der Waals surface area contributed by atoms with Crippen LogP contribution in [0.4, 0.5) is 0 Å². The molecule has 43 heavy (non-hydrogen) atoms. The van der Waals surface area contributed by atoms with Crippen LogP contribution in [0, 0.1) is 0 Å². The number of hydrogen-bond acceptors (Lipinski definition) is 7. The van der Waals surface area contributed by atoms with Crippen LogP contribution < -0.4 is 4.74 Å². The summed E-state index contributed by atoms with van der Waals surface area (Å²) in [6, 6.07) is 12.8. The summed E-state index contributed by atoms with van der Waals surface area (Å²) in [5, 5.41) is 13.8. The van der Waals surface area contributed by atoms with E-state index in [9.17, 15) is 9.90 Å². The summed E-state index contributed by atoms with van der Waals surface area (Å²) in [5.41, 5.74) is 6.52. The van der Waals surface area contributed by atoms with Crippen LogP contribution in [0.2, 0.25) is 0 Å². The molecule has 9 heteroatoms. The van der Waals surface area contributed by atoms with E-state index in [0.717, 1.165) is 68.0 Å². The molecule has 1 unspecified atom stereocenters. The van der Waals surface area contributed by atoms with Gasteiger partial charge in [0.2, 0.25) is 5.88 Å². The first-order chi connectivity index (χ1) is 20.9. The summed E-state index contributed by atoms with van der Waals surface area (Å²) in [6.45, 7) is 12.4. The van der Waals surface area contributed by atoms with Crippen LogP contribution in [-0.4, -0.2) is 63.1 Å². The normalized spacial score (nSPS) is 17.6. The Morgan fingerprint density at radius 3 is 2.77 bits per heavy atom. The van der Waals surface area contributed by atoms with Crippen molar-refractivity contribution in [1.29, 1.82) is 0 Å². The zero-order valence-corrected chi connectivity index (χ0v) is 25.6. The molecule has 9 nitrogen and oxygen atoms in total. The quantitative estimate of drug-likeness (QED) is 0.221. The Balaban J connectivity index is 1.33. The first kappa shape index (κ1) is 30.5. The van der Waals surface area contributed by atoms with Gasteiger partial charge in [0.05, 0.1) is 25.1 Å². The lowest BCUT2D eigenvalue weighted by molar-refractivity contribution is 0.0151. The Hall–Kier alpha value is -3.95. The Morgan fingerprint density at radius 1 is 1.19 bits per heavy atom. The zero-order valence-electron chi connectivity index (χ0n) is 25.6. The molecule has 0 amide bonds. The standard InChI is InChI=1S/C34H42N4O5/c1-5-28(30-12-7-13-31(36-30)38-33(42-6-2)29(19-35-38)34(39)40)32(23(3)4)43-21-24-14-15-26-20-37(16-8-10-25(26)18-24)27-11-9-17-41-22-27/h5,7,12-15,18-19,27H,6,8-11,16-17,20-22H2,1-4H3,(H,39,40)/b28-5-. The van der Waals surface area contributed by atoms with Crippen molar-refractivity contribution in [2.75, 3.05) is 26.4 Å². The molecule has 2 aliphatic rings. The fourth-order valence-electron chi connectivity index (χ4n) is 5.91. The van der Waals surface area contributed by atoms with Gasteiger partial charge in [-0.15, -0.1) is 0 Å². The number of aromatic nitrogens is 3. The maximum Gasteiger partial charge on any atom is 0.342 e. The molecule has 1 aromatic carbocycles. The lowest BCUT2D eigenvalue weighted by Gasteiger charge is -2.33. The molecule has 1 fully saturated rings. The molecule has 0 spiro atoms. The van der Waals surface area contributed by atoms with Crippen LogP contribution in [-0.2, 0) is 29.0 Å². The molecule has 0 radical (unpaired) electrons. The smallest absolute Gasteiger partial charge is 0.342 e. The summed E-state index contributed by atoms with van der Waals surface area (Å²) in [7, 11) is 0.